The van der Waals surface area contributed by atoms with Crippen molar-refractivity contribution in [1.29, 1.82) is 0 Å². The Morgan fingerprint density at radius 3 is 2.79 bits per heavy atom. The molecule has 19 heavy (non-hydrogen) atoms. The van der Waals surface area contributed by atoms with Crippen molar-refractivity contribution in [3.63, 3.8) is 0 Å². The summed E-state index contributed by atoms with van der Waals surface area (Å²) in [6.45, 7) is 4.56. The van der Waals surface area contributed by atoms with Crippen molar-refractivity contribution in [2.45, 2.75) is 32.9 Å². The molecule has 4 nitrogen and oxygen atoms in total. The summed E-state index contributed by atoms with van der Waals surface area (Å²) < 4.78 is 7.64. The molecule has 1 aromatic carbocycles. The Hall–Kier alpha value is -1.81. The van der Waals surface area contributed by atoms with Crippen LogP contribution in [-0.2, 0) is 20.1 Å². The predicted octanol–water partition coefficient (Wildman–Crippen LogP) is 2.20. The summed E-state index contributed by atoms with van der Waals surface area (Å²) in [6.07, 6.45) is 2.73. The van der Waals surface area contributed by atoms with Crippen molar-refractivity contribution >= 4 is 0 Å². The van der Waals surface area contributed by atoms with E-state index >= 15 is 0 Å². The molecule has 0 bridgehead atoms. The molecular weight excluding hydrogens is 238 g/mol. The third-order valence-corrected chi connectivity index (χ3v) is 2.90. The van der Waals surface area contributed by atoms with Gasteiger partial charge < -0.3 is 10.5 Å². The number of aromatic nitrogens is 2. The third kappa shape index (κ3) is 3.83. The molecule has 0 spiro atoms. The van der Waals surface area contributed by atoms with Gasteiger partial charge in [-0.3, -0.25) is 4.68 Å². The number of nitrogens with two attached hydrogens (primary N) is 1. The van der Waals surface area contributed by atoms with Gasteiger partial charge in [-0.1, -0.05) is 17.7 Å². The predicted molar refractivity (Wildman–Crippen MR) is 76.1 cm³/mol. The zero-order valence-corrected chi connectivity index (χ0v) is 11.8. The summed E-state index contributed by atoms with van der Waals surface area (Å²) in [4.78, 5) is 0. The highest BCUT2D eigenvalue weighted by Crippen LogP contribution is 2.22. The van der Waals surface area contributed by atoms with Gasteiger partial charge in [-0.2, -0.15) is 5.10 Å². The number of benzene rings is 1. The van der Waals surface area contributed by atoms with Gasteiger partial charge in [0.05, 0.1) is 5.69 Å². The standard InChI is InChI=1S/C15H21N3O/c1-11-4-5-15(13(8-11)9-12(2)16)19-10-14-6-7-18(3)17-14/h4-8,12H,9-10,16H2,1-3H3. The van der Waals surface area contributed by atoms with Gasteiger partial charge in [0.2, 0.25) is 0 Å². The van der Waals surface area contributed by atoms with Crippen LogP contribution in [0, 0.1) is 6.92 Å². The van der Waals surface area contributed by atoms with Gasteiger partial charge in [0.15, 0.2) is 0 Å². The SMILES string of the molecule is Cc1ccc(OCc2ccn(C)n2)c(CC(C)N)c1. The molecule has 0 aliphatic rings. The van der Waals surface area contributed by atoms with Gasteiger partial charge in [-0.05, 0) is 38.0 Å². The second-order valence-corrected chi connectivity index (χ2v) is 5.06. The lowest BCUT2D eigenvalue weighted by molar-refractivity contribution is 0.296. The van der Waals surface area contributed by atoms with E-state index < -0.39 is 0 Å². The van der Waals surface area contributed by atoms with Crippen molar-refractivity contribution in [1.82, 2.24) is 9.78 Å². The topological polar surface area (TPSA) is 53.1 Å². The first-order valence-corrected chi connectivity index (χ1v) is 6.51. The molecule has 4 heteroatoms. The normalized spacial score (nSPS) is 12.4. The summed E-state index contributed by atoms with van der Waals surface area (Å²) in [5.41, 5.74) is 9.19. The van der Waals surface area contributed by atoms with Crippen LogP contribution in [0.4, 0.5) is 0 Å². The maximum atomic E-state index is 5.88. The molecule has 2 rings (SSSR count). The van der Waals surface area contributed by atoms with Gasteiger partial charge in [-0.25, -0.2) is 0 Å². The van der Waals surface area contributed by atoms with Crippen molar-refractivity contribution < 1.29 is 4.74 Å². The molecule has 0 saturated carbocycles. The molecule has 1 unspecified atom stereocenters. The lowest BCUT2D eigenvalue weighted by Gasteiger charge is -2.13. The van der Waals surface area contributed by atoms with E-state index in [4.69, 9.17) is 10.5 Å². The molecular formula is C15H21N3O. The number of aryl methyl sites for hydroxylation is 2. The molecule has 0 fully saturated rings. The minimum atomic E-state index is 0.124. The van der Waals surface area contributed by atoms with Crippen molar-refractivity contribution in [3.05, 3.63) is 47.3 Å². The van der Waals surface area contributed by atoms with Gasteiger partial charge in [-0.15, -0.1) is 0 Å². The van der Waals surface area contributed by atoms with E-state index in [1.54, 1.807) is 4.68 Å². The Morgan fingerprint density at radius 2 is 2.16 bits per heavy atom. The summed E-state index contributed by atoms with van der Waals surface area (Å²) >= 11 is 0. The fourth-order valence-electron chi connectivity index (χ4n) is 2.05. The number of hydrogen-bond donors (Lipinski definition) is 1. The largest absolute Gasteiger partial charge is 0.487 e. The van der Waals surface area contributed by atoms with Crippen LogP contribution in [0.5, 0.6) is 5.75 Å². The molecule has 0 saturated heterocycles. The average molecular weight is 259 g/mol. The minimum absolute atomic E-state index is 0.124. The Bertz CT molecular complexity index is 546. The quantitative estimate of drug-likeness (QED) is 0.895. The highest BCUT2D eigenvalue weighted by Gasteiger charge is 2.07. The average Bonchev–Trinajstić information content (AvgIpc) is 2.73. The maximum Gasteiger partial charge on any atom is 0.132 e. The van der Waals surface area contributed by atoms with Crippen LogP contribution < -0.4 is 10.5 Å². The first kappa shape index (κ1) is 13.6. The van der Waals surface area contributed by atoms with Crippen LogP contribution in [-0.4, -0.2) is 15.8 Å². The molecule has 2 aromatic rings. The van der Waals surface area contributed by atoms with Crippen LogP contribution in [0.3, 0.4) is 0 Å². The Morgan fingerprint density at radius 1 is 1.37 bits per heavy atom. The Kier molecular flexibility index (Phi) is 4.22. The van der Waals surface area contributed by atoms with Gasteiger partial charge in [0, 0.05) is 19.3 Å². The van der Waals surface area contributed by atoms with E-state index in [-0.39, 0.29) is 6.04 Å². The van der Waals surface area contributed by atoms with E-state index in [2.05, 4.69) is 24.2 Å². The minimum Gasteiger partial charge on any atom is -0.487 e. The zero-order valence-electron chi connectivity index (χ0n) is 11.8. The highest BCUT2D eigenvalue weighted by atomic mass is 16.5. The van der Waals surface area contributed by atoms with Crippen molar-refractivity contribution in [3.8, 4) is 5.75 Å². The summed E-state index contributed by atoms with van der Waals surface area (Å²) in [6, 6.07) is 8.28. The summed E-state index contributed by atoms with van der Waals surface area (Å²) in [5, 5.41) is 4.30. The molecule has 0 amide bonds. The van der Waals surface area contributed by atoms with Crippen molar-refractivity contribution in [2.24, 2.45) is 12.8 Å². The lowest BCUT2D eigenvalue weighted by atomic mass is 10.0. The molecule has 1 atom stereocenters. The lowest BCUT2D eigenvalue weighted by Crippen LogP contribution is -2.18. The van der Waals surface area contributed by atoms with E-state index in [0.29, 0.717) is 6.61 Å². The van der Waals surface area contributed by atoms with Gasteiger partial charge >= 0.3 is 0 Å². The number of nitrogens with zero attached hydrogens (tertiary/aromatic N) is 2. The van der Waals surface area contributed by atoms with Crippen LogP contribution in [0.1, 0.15) is 23.7 Å². The number of ether oxygens (including phenoxy) is 1. The van der Waals surface area contributed by atoms with Gasteiger partial charge in [0.1, 0.15) is 12.4 Å². The highest BCUT2D eigenvalue weighted by molar-refractivity contribution is 5.37. The van der Waals surface area contributed by atoms with Crippen LogP contribution >= 0.6 is 0 Å². The van der Waals surface area contributed by atoms with Crippen LogP contribution in [0.25, 0.3) is 0 Å². The fourth-order valence-corrected chi connectivity index (χ4v) is 2.05. The van der Waals surface area contributed by atoms with Crippen LogP contribution in [0.15, 0.2) is 30.5 Å². The molecule has 0 aliphatic carbocycles. The van der Waals surface area contributed by atoms with Crippen molar-refractivity contribution in [2.75, 3.05) is 0 Å². The summed E-state index contributed by atoms with van der Waals surface area (Å²) in [5.74, 6) is 0.897. The maximum absolute atomic E-state index is 5.88. The first-order chi connectivity index (χ1) is 9.04. The van der Waals surface area contributed by atoms with E-state index in [9.17, 15) is 0 Å². The first-order valence-electron chi connectivity index (χ1n) is 6.51. The monoisotopic (exact) mass is 259 g/mol. The van der Waals surface area contributed by atoms with E-state index in [1.807, 2.05) is 32.3 Å². The molecule has 1 heterocycles. The van der Waals surface area contributed by atoms with Crippen LogP contribution in [0.2, 0.25) is 0 Å². The number of rotatable bonds is 5. The fraction of sp³-hybridized carbons (Fsp3) is 0.400. The Balaban J connectivity index is 2.10. The Labute approximate surface area is 114 Å². The van der Waals surface area contributed by atoms with E-state index in [1.165, 1.54) is 5.56 Å². The molecule has 2 N–H and O–H groups in total. The number of hydrogen-bond acceptors (Lipinski definition) is 3. The third-order valence-electron chi connectivity index (χ3n) is 2.90. The molecule has 0 aliphatic heterocycles. The second kappa shape index (κ2) is 5.89. The molecule has 0 radical (unpaired) electrons. The van der Waals surface area contributed by atoms with E-state index in [0.717, 1.165) is 23.4 Å². The summed E-state index contributed by atoms with van der Waals surface area (Å²) in [7, 11) is 1.90. The smallest absolute Gasteiger partial charge is 0.132 e. The zero-order chi connectivity index (χ0) is 13.8. The molecule has 102 valence electrons. The molecule has 1 aromatic heterocycles. The van der Waals surface area contributed by atoms with Gasteiger partial charge in [0.25, 0.3) is 0 Å². The second-order valence-electron chi connectivity index (χ2n) is 5.06.